The molecule has 0 saturated heterocycles. The van der Waals surface area contributed by atoms with Crippen molar-refractivity contribution in [2.45, 2.75) is 6.61 Å². The van der Waals surface area contributed by atoms with E-state index in [1.54, 1.807) is 18.2 Å². The first-order chi connectivity index (χ1) is 9.47. The lowest BCUT2D eigenvalue weighted by atomic mass is 10.2. The molecule has 20 heavy (non-hydrogen) atoms. The monoisotopic (exact) mass is 373 g/mol. The summed E-state index contributed by atoms with van der Waals surface area (Å²) >= 11 is 15.1. The van der Waals surface area contributed by atoms with Crippen molar-refractivity contribution in [1.29, 1.82) is 0 Å². The van der Waals surface area contributed by atoms with Gasteiger partial charge < -0.3 is 10.5 Å². The highest BCUT2D eigenvalue weighted by Gasteiger charge is 2.12. The van der Waals surface area contributed by atoms with Crippen molar-refractivity contribution in [3.8, 4) is 0 Å². The van der Waals surface area contributed by atoms with Gasteiger partial charge in [0.2, 0.25) is 0 Å². The molecule has 6 heteroatoms. The van der Waals surface area contributed by atoms with E-state index in [0.717, 1.165) is 10.0 Å². The summed E-state index contributed by atoms with van der Waals surface area (Å²) in [6, 6.07) is 9.97. The fourth-order valence-electron chi connectivity index (χ4n) is 1.58. The molecule has 0 aliphatic carbocycles. The fourth-order valence-corrected chi connectivity index (χ4v) is 2.49. The molecule has 0 aliphatic heterocycles. The number of ether oxygens (including phenoxy) is 1. The summed E-state index contributed by atoms with van der Waals surface area (Å²) in [6.45, 7) is 0.0764. The highest BCUT2D eigenvalue weighted by atomic mass is 79.9. The summed E-state index contributed by atoms with van der Waals surface area (Å²) in [7, 11) is 0. The molecule has 0 amide bonds. The predicted octanol–water partition coefficient (Wildman–Crippen LogP) is 4.70. The minimum Gasteiger partial charge on any atom is -0.457 e. The Hall–Kier alpha value is -1.23. The van der Waals surface area contributed by atoms with Gasteiger partial charge in [-0.3, -0.25) is 0 Å². The van der Waals surface area contributed by atoms with E-state index in [9.17, 15) is 4.79 Å². The van der Waals surface area contributed by atoms with Gasteiger partial charge in [0.15, 0.2) is 0 Å². The van der Waals surface area contributed by atoms with E-state index in [2.05, 4.69) is 15.9 Å². The van der Waals surface area contributed by atoms with Gasteiger partial charge in [-0.1, -0.05) is 45.2 Å². The minimum atomic E-state index is -0.516. The van der Waals surface area contributed by atoms with Gasteiger partial charge in [-0.05, 0) is 30.3 Å². The zero-order valence-corrected chi connectivity index (χ0v) is 13.3. The molecule has 104 valence electrons. The van der Waals surface area contributed by atoms with Crippen molar-refractivity contribution < 1.29 is 9.53 Å². The van der Waals surface area contributed by atoms with Crippen LogP contribution in [0.25, 0.3) is 0 Å². The number of nitrogens with two attached hydrogens (primary N) is 1. The third kappa shape index (κ3) is 3.66. The molecule has 0 radical (unpaired) electrons. The highest BCUT2D eigenvalue weighted by Crippen LogP contribution is 2.23. The van der Waals surface area contributed by atoms with Crippen LogP contribution in [0.1, 0.15) is 15.9 Å². The van der Waals surface area contributed by atoms with Crippen LogP contribution >= 0.6 is 39.1 Å². The molecule has 0 aliphatic rings. The molecule has 0 unspecified atom stereocenters. The average Bonchev–Trinajstić information content (AvgIpc) is 2.37. The SMILES string of the molecule is Nc1cc(Cl)ccc1C(=O)OCc1ccc(Br)cc1Cl. The minimum absolute atomic E-state index is 0.0764. The molecule has 0 atom stereocenters. The molecule has 0 heterocycles. The maximum atomic E-state index is 11.9. The number of hydrogen-bond acceptors (Lipinski definition) is 3. The van der Waals surface area contributed by atoms with Crippen molar-refractivity contribution in [2.24, 2.45) is 0 Å². The van der Waals surface area contributed by atoms with Crippen LogP contribution in [0.4, 0.5) is 5.69 Å². The molecule has 0 fully saturated rings. The van der Waals surface area contributed by atoms with Crippen LogP contribution in [0.2, 0.25) is 10.0 Å². The molecule has 2 aromatic carbocycles. The third-order valence-corrected chi connectivity index (χ3v) is 3.69. The molecule has 0 aromatic heterocycles. The van der Waals surface area contributed by atoms with Gasteiger partial charge >= 0.3 is 5.97 Å². The zero-order chi connectivity index (χ0) is 14.7. The van der Waals surface area contributed by atoms with E-state index in [1.807, 2.05) is 6.07 Å². The van der Waals surface area contributed by atoms with Gasteiger partial charge in [-0.15, -0.1) is 0 Å². The maximum Gasteiger partial charge on any atom is 0.340 e. The van der Waals surface area contributed by atoms with Gasteiger partial charge in [0.05, 0.1) is 5.56 Å². The number of benzene rings is 2. The Morgan fingerprint density at radius 2 is 1.95 bits per heavy atom. The zero-order valence-electron chi connectivity index (χ0n) is 10.2. The van der Waals surface area contributed by atoms with Gasteiger partial charge in [0.25, 0.3) is 0 Å². The number of halogens is 3. The van der Waals surface area contributed by atoms with Gasteiger partial charge in [0, 0.05) is 25.8 Å². The number of carbonyl (C=O) groups excluding carboxylic acids is 1. The summed E-state index contributed by atoms with van der Waals surface area (Å²) in [5, 5.41) is 0.992. The Kier molecular flexibility index (Phi) is 4.91. The Morgan fingerprint density at radius 1 is 1.20 bits per heavy atom. The topological polar surface area (TPSA) is 52.3 Å². The average molecular weight is 375 g/mol. The van der Waals surface area contributed by atoms with E-state index in [0.29, 0.717) is 10.0 Å². The molecule has 2 rings (SSSR count). The molecular formula is C14H10BrCl2NO2. The van der Waals surface area contributed by atoms with Crippen molar-refractivity contribution >= 4 is 50.8 Å². The van der Waals surface area contributed by atoms with Gasteiger partial charge in [-0.2, -0.15) is 0 Å². The Labute approximate surface area is 134 Å². The van der Waals surface area contributed by atoms with E-state index in [-0.39, 0.29) is 17.9 Å². The second-order valence-corrected chi connectivity index (χ2v) is 5.80. The Morgan fingerprint density at radius 3 is 2.60 bits per heavy atom. The highest BCUT2D eigenvalue weighted by molar-refractivity contribution is 9.10. The summed E-state index contributed by atoms with van der Waals surface area (Å²) in [5.74, 6) is -0.516. The normalized spacial score (nSPS) is 10.3. The van der Waals surface area contributed by atoms with E-state index in [1.165, 1.54) is 12.1 Å². The van der Waals surface area contributed by atoms with Crippen LogP contribution in [-0.2, 0) is 11.3 Å². The number of hydrogen-bond donors (Lipinski definition) is 1. The largest absolute Gasteiger partial charge is 0.457 e. The lowest BCUT2D eigenvalue weighted by Crippen LogP contribution is -2.08. The summed E-state index contributed by atoms with van der Waals surface area (Å²) < 4.78 is 6.05. The van der Waals surface area contributed by atoms with Crippen molar-refractivity contribution in [3.63, 3.8) is 0 Å². The number of rotatable bonds is 3. The van der Waals surface area contributed by atoms with Crippen LogP contribution in [0, 0.1) is 0 Å². The molecule has 3 nitrogen and oxygen atoms in total. The van der Waals surface area contributed by atoms with Crippen LogP contribution < -0.4 is 5.73 Å². The molecular weight excluding hydrogens is 365 g/mol. The summed E-state index contributed by atoms with van der Waals surface area (Å²) in [6.07, 6.45) is 0. The summed E-state index contributed by atoms with van der Waals surface area (Å²) in [4.78, 5) is 11.9. The van der Waals surface area contributed by atoms with Gasteiger partial charge in [-0.25, -0.2) is 4.79 Å². The Balaban J connectivity index is 2.08. The number of esters is 1. The van der Waals surface area contributed by atoms with Crippen LogP contribution in [0.15, 0.2) is 40.9 Å². The molecule has 2 aromatic rings. The van der Waals surface area contributed by atoms with Crippen molar-refractivity contribution in [3.05, 3.63) is 62.0 Å². The quantitative estimate of drug-likeness (QED) is 0.626. The fraction of sp³-hybridized carbons (Fsp3) is 0.0714. The van der Waals surface area contributed by atoms with E-state index < -0.39 is 5.97 Å². The molecule has 0 spiro atoms. The summed E-state index contributed by atoms with van der Waals surface area (Å²) in [5.41, 5.74) is 7.00. The third-order valence-electron chi connectivity index (χ3n) is 2.61. The molecule has 0 saturated carbocycles. The molecule has 0 bridgehead atoms. The first-order valence-corrected chi connectivity index (χ1v) is 7.18. The maximum absolute atomic E-state index is 11.9. The lowest BCUT2D eigenvalue weighted by molar-refractivity contribution is 0.0474. The number of carbonyl (C=O) groups is 1. The Bertz CT molecular complexity index is 662. The standard InChI is InChI=1S/C14H10BrCl2NO2/c15-9-2-1-8(12(17)5-9)7-20-14(19)11-4-3-10(16)6-13(11)18/h1-6H,7,18H2. The van der Waals surface area contributed by atoms with Crippen molar-refractivity contribution in [1.82, 2.24) is 0 Å². The van der Waals surface area contributed by atoms with E-state index >= 15 is 0 Å². The lowest BCUT2D eigenvalue weighted by Gasteiger charge is -2.08. The second-order valence-electron chi connectivity index (χ2n) is 4.04. The van der Waals surface area contributed by atoms with Crippen LogP contribution in [-0.4, -0.2) is 5.97 Å². The van der Waals surface area contributed by atoms with Crippen LogP contribution in [0.3, 0.4) is 0 Å². The smallest absolute Gasteiger partial charge is 0.340 e. The number of anilines is 1. The first-order valence-electron chi connectivity index (χ1n) is 5.63. The van der Waals surface area contributed by atoms with Crippen molar-refractivity contribution in [2.75, 3.05) is 5.73 Å². The first kappa shape index (κ1) is 15.2. The van der Waals surface area contributed by atoms with Crippen LogP contribution in [0.5, 0.6) is 0 Å². The van der Waals surface area contributed by atoms with Gasteiger partial charge in [0.1, 0.15) is 6.61 Å². The van der Waals surface area contributed by atoms with E-state index in [4.69, 9.17) is 33.7 Å². The predicted molar refractivity (Wildman–Crippen MR) is 84.1 cm³/mol. The number of nitrogen functional groups attached to an aromatic ring is 1. The second kappa shape index (κ2) is 6.48. The molecule has 2 N–H and O–H groups in total.